The molecule has 5 nitrogen and oxygen atoms in total. The maximum atomic E-state index is 12.8. The van der Waals surface area contributed by atoms with Crippen molar-refractivity contribution in [1.29, 1.82) is 0 Å². The van der Waals surface area contributed by atoms with Crippen molar-refractivity contribution in [3.05, 3.63) is 23.9 Å². The van der Waals surface area contributed by atoms with Crippen LogP contribution in [0.4, 0.5) is 5.82 Å². The maximum absolute atomic E-state index is 12.8. The van der Waals surface area contributed by atoms with Crippen LogP contribution in [0.15, 0.2) is 18.3 Å². The fourth-order valence-corrected chi connectivity index (χ4v) is 6.08. The van der Waals surface area contributed by atoms with Gasteiger partial charge in [-0.05, 0) is 68.4 Å². The molecule has 25 heavy (non-hydrogen) atoms. The lowest BCUT2D eigenvalue weighted by Gasteiger charge is -2.56. The van der Waals surface area contributed by atoms with E-state index in [9.17, 15) is 4.79 Å². The third-order valence-electron chi connectivity index (χ3n) is 6.76. The maximum Gasteiger partial charge on any atom is 0.253 e. The second-order valence-electron chi connectivity index (χ2n) is 8.66. The number of carbonyl (C=O) groups is 1. The Balaban J connectivity index is 1.28. The van der Waals surface area contributed by atoms with Gasteiger partial charge in [0.1, 0.15) is 5.82 Å². The summed E-state index contributed by atoms with van der Waals surface area (Å²) >= 11 is 0. The quantitative estimate of drug-likeness (QED) is 0.918. The predicted octanol–water partition coefficient (Wildman–Crippen LogP) is 2.62. The molecular weight excluding hydrogens is 314 g/mol. The largest absolute Gasteiger partial charge is 0.378 e. The molecule has 0 spiro atoms. The van der Waals surface area contributed by atoms with Gasteiger partial charge in [-0.25, -0.2) is 4.98 Å². The minimum absolute atomic E-state index is 0.0583. The molecule has 0 radical (unpaired) electrons. The Labute approximate surface area is 149 Å². The van der Waals surface area contributed by atoms with E-state index < -0.39 is 0 Å². The zero-order chi connectivity index (χ0) is 16.9. The van der Waals surface area contributed by atoms with Gasteiger partial charge in [0.15, 0.2) is 0 Å². The smallest absolute Gasteiger partial charge is 0.253 e. The number of anilines is 1. The molecule has 4 bridgehead atoms. The molecule has 134 valence electrons. The summed E-state index contributed by atoms with van der Waals surface area (Å²) < 4.78 is 5.38. The van der Waals surface area contributed by atoms with Crippen molar-refractivity contribution in [2.45, 2.75) is 44.1 Å². The third-order valence-corrected chi connectivity index (χ3v) is 6.76. The molecule has 5 heteroatoms. The van der Waals surface area contributed by atoms with Crippen molar-refractivity contribution in [2.24, 2.45) is 17.8 Å². The Morgan fingerprint density at radius 2 is 1.72 bits per heavy atom. The standard InChI is InChI=1S/C20H27N3O2/c24-19(17-1-2-18(21-13-17)23-3-5-25-6-4-23)22-20-10-14-7-15(11-20)9-16(8-14)12-20/h1-2,13-16H,3-12H2,(H,22,24). The zero-order valence-corrected chi connectivity index (χ0v) is 14.7. The second kappa shape index (κ2) is 5.97. The summed E-state index contributed by atoms with van der Waals surface area (Å²) in [5.41, 5.74) is 0.752. The molecule has 0 aromatic carbocycles. The van der Waals surface area contributed by atoms with Gasteiger partial charge >= 0.3 is 0 Å². The summed E-state index contributed by atoms with van der Waals surface area (Å²) in [6.07, 6.45) is 9.47. The number of ether oxygens (including phenoxy) is 1. The molecule has 1 aliphatic heterocycles. The number of hydrogen-bond acceptors (Lipinski definition) is 4. The number of nitrogens with one attached hydrogen (secondary N) is 1. The van der Waals surface area contributed by atoms with Crippen LogP contribution in [-0.2, 0) is 4.74 Å². The summed E-state index contributed by atoms with van der Waals surface area (Å²) in [7, 11) is 0. The van der Waals surface area contributed by atoms with Crippen molar-refractivity contribution in [3.63, 3.8) is 0 Å². The van der Waals surface area contributed by atoms with Gasteiger partial charge < -0.3 is 15.0 Å². The zero-order valence-electron chi connectivity index (χ0n) is 14.7. The first kappa shape index (κ1) is 15.6. The van der Waals surface area contributed by atoms with E-state index >= 15 is 0 Å². The van der Waals surface area contributed by atoms with E-state index in [1.165, 1.54) is 38.5 Å². The Hall–Kier alpha value is -1.62. The summed E-state index contributed by atoms with van der Waals surface area (Å²) in [6.45, 7) is 3.23. The highest BCUT2D eigenvalue weighted by molar-refractivity contribution is 5.94. The van der Waals surface area contributed by atoms with Crippen LogP contribution in [0.3, 0.4) is 0 Å². The van der Waals surface area contributed by atoms with Gasteiger partial charge in [0.25, 0.3) is 5.91 Å². The monoisotopic (exact) mass is 341 g/mol. The Bertz CT molecular complexity index is 616. The lowest BCUT2D eigenvalue weighted by atomic mass is 9.53. The van der Waals surface area contributed by atoms with E-state index in [1.807, 2.05) is 12.1 Å². The Morgan fingerprint density at radius 3 is 2.28 bits per heavy atom. The molecule has 1 amide bonds. The van der Waals surface area contributed by atoms with E-state index in [2.05, 4.69) is 15.2 Å². The number of morpholine rings is 1. The van der Waals surface area contributed by atoms with Crippen molar-refractivity contribution < 1.29 is 9.53 Å². The van der Waals surface area contributed by atoms with Crippen LogP contribution in [0.5, 0.6) is 0 Å². The minimum Gasteiger partial charge on any atom is -0.378 e. The molecule has 1 aromatic heterocycles. The molecule has 5 aliphatic rings. The summed E-state index contributed by atoms with van der Waals surface area (Å²) in [4.78, 5) is 19.6. The van der Waals surface area contributed by atoms with Crippen LogP contribution in [0, 0.1) is 17.8 Å². The van der Waals surface area contributed by atoms with Crippen molar-refractivity contribution in [1.82, 2.24) is 10.3 Å². The third kappa shape index (κ3) is 2.92. The molecule has 5 fully saturated rings. The normalized spacial score (nSPS) is 36.5. The SMILES string of the molecule is O=C(NC12CC3CC(CC(C3)C1)C2)c1ccc(N2CCOCC2)nc1. The van der Waals surface area contributed by atoms with Crippen LogP contribution in [0.25, 0.3) is 0 Å². The van der Waals surface area contributed by atoms with Gasteiger partial charge in [-0.15, -0.1) is 0 Å². The van der Waals surface area contributed by atoms with Gasteiger partial charge in [-0.2, -0.15) is 0 Å². The van der Waals surface area contributed by atoms with Crippen molar-refractivity contribution >= 4 is 11.7 Å². The Kier molecular flexibility index (Phi) is 3.73. The molecule has 1 N–H and O–H groups in total. The molecule has 1 aromatic rings. The number of amides is 1. The van der Waals surface area contributed by atoms with E-state index in [0.29, 0.717) is 5.56 Å². The molecule has 2 heterocycles. The lowest BCUT2D eigenvalue weighted by molar-refractivity contribution is -0.0167. The first-order valence-corrected chi connectivity index (χ1v) is 9.80. The van der Waals surface area contributed by atoms with E-state index in [1.54, 1.807) is 6.20 Å². The highest BCUT2D eigenvalue weighted by Gasteiger charge is 2.51. The van der Waals surface area contributed by atoms with Crippen molar-refractivity contribution in [2.75, 3.05) is 31.2 Å². The first-order valence-electron chi connectivity index (χ1n) is 9.80. The highest BCUT2D eigenvalue weighted by Crippen LogP contribution is 2.55. The molecule has 1 saturated heterocycles. The summed E-state index contributed by atoms with van der Waals surface area (Å²) in [6, 6.07) is 3.90. The predicted molar refractivity (Wildman–Crippen MR) is 95.6 cm³/mol. The number of aromatic nitrogens is 1. The van der Waals surface area contributed by atoms with Crippen LogP contribution in [0.2, 0.25) is 0 Å². The number of nitrogens with zero attached hydrogens (tertiary/aromatic N) is 2. The number of pyridine rings is 1. The average Bonchev–Trinajstić information content (AvgIpc) is 2.61. The summed E-state index contributed by atoms with van der Waals surface area (Å²) in [5.74, 6) is 3.52. The Morgan fingerprint density at radius 1 is 1.08 bits per heavy atom. The fourth-order valence-electron chi connectivity index (χ4n) is 6.08. The van der Waals surface area contributed by atoms with E-state index in [4.69, 9.17) is 4.74 Å². The van der Waals surface area contributed by atoms with Crippen LogP contribution in [-0.4, -0.2) is 42.7 Å². The van der Waals surface area contributed by atoms with Gasteiger partial charge in [0.2, 0.25) is 0 Å². The average molecular weight is 341 g/mol. The fraction of sp³-hybridized carbons (Fsp3) is 0.700. The first-order chi connectivity index (χ1) is 12.2. The lowest BCUT2D eigenvalue weighted by Crippen LogP contribution is -2.59. The molecule has 6 rings (SSSR count). The number of hydrogen-bond donors (Lipinski definition) is 1. The van der Waals surface area contributed by atoms with Gasteiger partial charge in [-0.1, -0.05) is 0 Å². The summed E-state index contributed by atoms with van der Waals surface area (Å²) in [5, 5.41) is 3.43. The molecule has 0 unspecified atom stereocenters. The number of rotatable bonds is 3. The van der Waals surface area contributed by atoms with Gasteiger partial charge in [0.05, 0.1) is 18.8 Å². The van der Waals surface area contributed by atoms with E-state index in [0.717, 1.165) is 49.9 Å². The molecule has 0 atom stereocenters. The molecular formula is C20H27N3O2. The topological polar surface area (TPSA) is 54.5 Å². The van der Waals surface area contributed by atoms with E-state index in [-0.39, 0.29) is 11.4 Å². The van der Waals surface area contributed by atoms with Crippen LogP contribution >= 0.6 is 0 Å². The van der Waals surface area contributed by atoms with Crippen molar-refractivity contribution in [3.8, 4) is 0 Å². The van der Waals surface area contributed by atoms with Gasteiger partial charge in [0, 0.05) is 24.8 Å². The number of carbonyl (C=O) groups excluding carboxylic acids is 1. The highest BCUT2D eigenvalue weighted by atomic mass is 16.5. The van der Waals surface area contributed by atoms with Crippen LogP contribution in [0.1, 0.15) is 48.9 Å². The molecule has 4 saturated carbocycles. The second-order valence-corrected chi connectivity index (χ2v) is 8.66. The van der Waals surface area contributed by atoms with Gasteiger partial charge in [-0.3, -0.25) is 4.79 Å². The minimum atomic E-state index is 0.0583. The van der Waals surface area contributed by atoms with Crippen LogP contribution < -0.4 is 10.2 Å². The molecule has 4 aliphatic carbocycles.